The normalized spacial score (nSPS) is 13.7. The number of fused-ring (bicyclic) bond motifs is 1. The second-order valence-corrected chi connectivity index (χ2v) is 11.8. The zero-order chi connectivity index (χ0) is 18.4. The Kier molecular flexibility index (Phi) is 5.14. The van der Waals surface area contributed by atoms with Crippen LogP contribution in [0.4, 0.5) is 0 Å². The molecule has 0 aliphatic rings. The molecule has 0 bridgehead atoms. The van der Waals surface area contributed by atoms with Crippen LogP contribution in [0.5, 0.6) is 11.5 Å². The molecule has 0 radical (unpaired) electrons. The summed E-state index contributed by atoms with van der Waals surface area (Å²) in [6.45, 7) is 9.03. The Labute approximate surface area is 157 Å². The Hall–Kier alpha value is -1.36. The molecular formula is C18H21HgO5. The van der Waals surface area contributed by atoms with Gasteiger partial charge in [0, 0.05) is 0 Å². The van der Waals surface area contributed by atoms with Crippen molar-refractivity contribution in [1.82, 2.24) is 0 Å². The molecule has 0 saturated heterocycles. The SMILES string of the molecule is COc1c(C)c(OC)c2c(=O)oc([C](C)([Hg])C(C)=O)c(C)c2c1C. The van der Waals surface area contributed by atoms with E-state index in [-0.39, 0.29) is 31.9 Å². The molecule has 0 amide bonds. The molecule has 1 heterocycles. The third-order valence-corrected chi connectivity index (χ3v) is 7.86. The summed E-state index contributed by atoms with van der Waals surface area (Å²) in [6.07, 6.45) is 0. The molecule has 1 aromatic heterocycles. The zero-order valence-corrected chi connectivity index (χ0v) is 20.7. The van der Waals surface area contributed by atoms with Crippen molar-refractivity contribution in [3.8, 4) is 11.5 Å². The molecule has 1 aromatic carbocycles. The van der Waals surface area contributed by atoms with Crippen LogP contribution >= 0.6 is 0 Å². The minimum atomic E-state index is -0.699. The molecule has 1 unspecified atom stereocenters. The van der Waals surface area contributed by atoms with Crippen molar-refractivity contribution in [1.29, 1.82) is 0 Å². The number of hydrogen-bond acceptors (Lipinski definition) is 5. The summed E-state index contributed by atoms with van der Waals surface area (Å²) in [4.78, 5) is 24.8. The summed E-state index contributed by atoms with van der Waals surface area (Å²) in [6, 6.07) is 0. The number of carbonyl (C=O) groups excluding carboxylic acids is 1. The number of benzene rings is 1. The summed E-state index contributed by atoms with van der Waals surface area (Å²) in [7, 11) is 3.12. The molecular weight excluding hydrogens is 497 g/mol. The van der Waals surface area contributed by atoms with E-state index >= 15 is 0 Å². The van der Waals surface area contributed by atoms with E-state index in [1.807, 2.05) is 27.7 Å². The van der Waals surface area contributed by atoms with Gasteiger partial charge in [0.05, 0.1) is 0 Å². The molecule has 2 rings (SSSR count). The third-order valence-electron chi connectivity index (χ3n) is 4.67. The molecule has 5 nitrogen and oxygen atoms in total. The van der Waals surface area contributed by atoms with Crippen molar-refractivity contribution in [2.24, 2.45) is 0 Å². The van der Waals surface area contributed by atoms with Crippen LogP contribution < -0.4 is 15.1 Å². The first-order valence-electron chi connectivity index (χ1n) is 7.64. The number of ketones is 1. The second-order valence-electron chi connectivity index (χ2n) is 6.30. The van der Waals surface area contributed by atoms with Gasteiger partial charge < -0.3 is 0 Å². The second kappa shape index (κ2) is 6.50. The Morgan fingerprint density at radius 1 is 1.00 bits per heavy atom. The van der Waals surface area contributed by atoms with Crippen LogP contribution in [0.3, 0.4) is 0 Å². The fourth-order valence-electron chi connectivity index (χ4n) is 3.23. The number of hydrogen-bond donors (Lipinski definition) is 0. The van der Waals surface area contributed by atoms with E-state index in [4.69, 9.17) is 13.9 Å². The molecule has 0 saturated carbocycles. The van der Waals surface area contributed by atoms with Crippen LogP contribution in [0.1, 0.15) is 36.3 Å². The third kappa shape index (κ3) is 2.67. The zero-order valence-electron chi connectivity index (χ0n) is 15.2. The van der Waals surface area contributed by atoms with Crippen LogP contribution in [0, 0.1) is 20.8 Å². The summed E-state index contributed by atoms with van der Waals surface area (Å²) in [5.74, 6) is 1.62. The molecule has 0 fully saturated rings. The predicted octanol–water partition coefficient (Wildman–Crippen LogP) is 3.09. The summed E-state index contributed by atoms with van der Waals surface area (Å²) >= 11 is 0.0574. The first-order chi connectivity index (χ1) is 11.1. The topological polar surface area (TPSA) is 65.7 Å². The van der Waals surface area contributed by atoms with Gasteiger partial charge in [0.2, 0.25) is 0 Å². The molecule has 0 aliphatic carbocycles. The van der Waals surface area contributed by atoms with Gasteiger partial charge in [-0.1, -0.05) is 0 Å². The van der Waals surface area contributed by atoms with Crippen LogP contribution in [-0.4, -0.2) is 20.0 Å². The maximum absolute atomic E-state index is 12.7. The van der Waals surface area contributed by atoms with Gasteiger partial charge in [0.15, 0.2) is 0 Å². The maximum atomic E-state index is 12.7. The number of carbonyl (C=O) groups is 1. The van der Waals surface area contributed by atoms with Gasteiger partial charge in [0.25, 0.3) is 0 Å². The summed E-state index contributed by atoms with van der Waals surface area (Å²) in [5.41, 5.74) is 1.93. The van der Waals surface area contributed by atoms with Gasteiger partial charge in [0.1, 0.15) is 0 Å². The fraction of sp³-hybridized carbons (Fsp3) is 0.444. The van der Waals surface area contributed by atoms with E-state index in [9.17, 15) is 9.59 Å². The van der Waals surface area contributed by atoms with E-state index in [1.54, 1.807) is 14.0 Å². The molecule has 6 heteroatoms. The Balaban J connectivity index is 3.12. The Morgan fingerprint density at radius 3 is 2.00 bits per heavy atom. The molecule has 24 heavy (non-hydrogen) atoms. The van der Waals surface area contributed by atoms with E-state index in [0.717, 1.165) is 22.1 Å². The van der Waals surface area contributed by atoms with Crippen LogP contribution in [0.15, 0.2) is 9.21 Å². The fourth-order valence-corrected chi connectivity index (χ4v) is 4.54. The number of Topliss-reactive ketones (excluding diaryl/α,β-unsaturated/α-hetero) is 1. The van der Waals surface area contributed by atoms with Gasteiger partial charge in [-0.2, -0.15) is 0 Å². The van der Waals surface area contributed by atoms with E-state index in [1.165, 1.54) is 7.11 Å². The van der Waals surface area contributed by atoms with Gasteiger partial charge in [-0.25, -0.2) is 0 Å². The van der Waals surface area contributed by atoms with Crippen molar-refractivity contribution < 1.29 is 44.8 Å². The van der Waals surface area contributed by atoms with E-state index in [0.29, 0.717) is 22.6 Å². The first-order valence-corrected chi connectivity index (χ1v) is 10.4. The summed E-state index contributed by atoms with van der Waals surface area (Å²) in [5, 5.41) is 1.15. The van der Waals surface area contributed by atoms with E-state index in [2.05, 4.69) is 0 Å². The Morgan fingerprint density at radius 2 is 1.54 bits per heavy atom. The number of aryl methyl sites for hydroxylation is 2. The van der Waals surface area contributed by atoms with Crippen molar-refractivity contribution in [2.45, 2.75) is 37.5 Å². The van der Waals surface area contributed by atoms with Crippen LogP contribution in [0.25, 0.3) is 10.8 Å². The Bertz CT molecular complexity index is 893. The number of ether oxygens (including phenoxy) is 2. The van der Waals surface area contributed by atoms with Crippen molar-refractivity contribution in [3.05, 3.63) is 32.9 Å². The van der Waals surface area contributed by atoms with Crippen molar-refractivity contribution >= 4 is 16.6 Å². The average molecular weight is 518 g/mol. The predicted molar refractivity (Wildman–Crippen MR) is 87.8 cm³/mol. The molecule has 0 aliphatic heterocycles. The number of methoxy groups -OCH3 is 2. The van der Waals surface area contributed by atoms with Crippen LogP contribution in [-0.2, 0) is 33.8 Å². The summed E-state index contributed by atoms with van der Waals surface area (Å²) < 4.78 is 15.9. The quantitative estimate of drug-likeness (QED) is 0.583. The molecule has 125 valence electrons. The standard InChI is InChI=1S/C18H21O5.Hg/c1-8(12(5)19)16-10(3)13-9(2)15(21-6)11(4)17(22-7)14(13)18(20)23-16;/h1-7H3;. The van der Waals surface area contributed by atoms with Crippen molar-refractivity contribution in [3.63, 3.8) is 0 Å². The number of rotatable bonds is 4. The molecule has 0 spiro atoms. The minimum absolute atomic E-state index is 0.0140. The molecule has 2 aromatic rings. The van der Waals surface area contributed by atoms with Gasteiger partial charge in [-0.3, -0.25) is 0 Å². The monoisotopic (exact) mass is 519 g/mol. The van der Waals surface area contributed by atoms with Crippen molar-refractivity contribution in [2.75, 3.05) is 14.2 Å². The molecule has 1 atom stereocenters. The van der Waals surface area contributed by atoms with Gasteiger partial charge in [-0.15, -0.1) is 0 Å². The van der Waals surface area contributed by atoms with Gasteiger partial charge >= 0.3 is 157 Å². The van der Waals surface area contributed by atoms with Gasteiger partial charge in [-0.05, 0) is 0 Å². The first kappa shape index (κ1) is 19.0. The molecule has 0 N–H and O–H groups in total. The van der Waals surface area contributed by atoms with Crippen LogP contribution in [0.2, 0.25) is 0 Å². The van der Waals surface area contributed by atoms with E-state index < -0.39 is 8.55 Å². The average Bonchev–Trinajstić information content (AvgIpc) is 2.50.